The summed E-state index contributed by atoms with van der Waals surface area (Å²) < 4.78 is 0. The fourth-order valence-electron chi connectivity index (χ4n) is 4.44. The zero-order valence-corrected chi connectivity index (χ0v) is 19.0. The van der Waals surface area contributed by atoms with Crippen molar-refractivity contribution in [3.63, 3.8) is 0 Å². The summed E-state index contributed by atoms with van der Waals surface area (Å²) in [7, 11) is 0. The van der Waals surface area contributed by atoms with E-state index < -0.39 is 5.54 Å². The minimum atomic E-state index is -0.575. The molecule has 166 valence electrons. The third-order valence-corrected chi connectivity index (χ3v) is 6.50. The lowest BCUT2D eigenvalue weighted by Gasteiger charge is -2.33. The van der Waals surface area contributed by atoms with E-state index in [1.807, 2.05) is 51.1 Å². The Labute approximate surface area is 189 Å². The molecule has 3 aromatic rings. The van der Waals surface area contributed by atoms with Gasteiger partial charge in [0, 0.05) is 11.3 Å². The van der Waals surface area contributed by atoms with Crippen LogP contribution in [0.25, 0.3) is 10.8 Å². The van der Waals surface area contributed by atoms with Crippen molar-refractivity contribution < 1.29 is 9.59 Å². The first-order valence-corrected chi connectivity index (χ1v) is 11.3. The number of aryl methyl sites for hydroxylation is 1. The van der Waals surface area contributed by atoms with Gasteiger partial charge in [-0.3, -0.25) is 9.59 Å². The van der Waals surface area contributed by atoms with Crippen molar-refractivity contribution in [2.75, 3.05) is 11.9 Å². The van der Waals surface area contributed by atoms with Gasteiger partial charge >= 0.3 is 0 Å². The normalized spacial score (nSPS) is 19.3. The number of nitrogens with one attached hydrogen (secondary N) is 3. The average molecular weight is 430 g/mol. The van der Waals surface area contributed by atoms with Crippen molar-refractivity contribution in [2.45, 2.75) is 51.6 Å². The molecule has 0 aliphatic carbocycles. The van der Waals surface area contributed by atoms with Crippen LogP contribution in [0.5, 0.6) is 0 Å². The SMILES string of the molecule is Cc1ccc(NC(=O)[C@]2(C)CCCCN2)cc1C(=O)N[C@H](C)c1cccc2ccccc12. The maximum absolute atomic E-state index is 13.2. The van der Waals surface area contributed by atoms with E-state index in [0.717, 1.165) is 47.7 Å². The molecule has 4 rings (SSSR count). The van der Waals surface area contributed by atoms with Crippen molar-refractivity contribution in [3.8, 4) is 0 Å². The largest absolute Gasteiger partial charge is 0.345 e. The predicted molar refractivity (Wildman–Crippen MR) is 130 cm³/mol. The lowest BCUT2D eigenvalue weighted by Crippen LogP contribution is -2.54. The summed E-state index contributed by atoms with van der Waals surface area (Å²) in [6.07, 6.45) is 2.93. The molecule has 1 saturated heterocycles. The minimum Gasteiger partial charge on any atom is -0.345 e. The third-order valence-electron chi connectivity index (χ3n) is 6.50. The first kappa shape index (κ1) is 22.0. The van der Waals surface area contributed by atoms with E-state index in [0.29, 0.717) is 11.3 Å². The predicted octanol–water partition coefficient (Wildman–Crippen LogP) is 5.11. The van der Waals surface area contributed by atoms with Gasteiger partial charge in [0.15, 0.2) is 0 Å². The fraction of sp³-hybridized carbons (Fsp3) is 0.333. The van der Waals surface area contributed by atoms with Crippen molar-refractivity contribution in [2.24, 2.45) is 0 Å². The third kappa shape index (κ3) is 4.53. The summed E-state index contributed by atoms with van der Waals surface area (Å²) in [5.41, 5.74) is 2.57. The Bertz CT molecular complexity index is 1140. The highest BCUT2D eigenvalue weighted by atomic mass is 16.2. The summed E-state index contributed by atoms with van der Waals surface area (Å²) in [4.78, 5) is 26.0. The minimum absolute atomic E-state index is 0.0588. The van der Waals surface area contributed by atoms with Crippen LogP contribution in [0.1, 0.15) is 60.6 Å². The van der Waals surface area contributed by atoms with Gasteiger partial charge < -0.3 is 16.0 Å². The molecule has 1 aliphatic heterocycles. The fourth-order valence-corrected chi connectivity index (χ4v) is 4.44. The van der Waals surface area contributed by atoms with E-state index in [9.17, 15) is 9.59 Å². The first-order chi connectivity index (χ1) is 15.4. The van der Waals surface area contributed by atoms with Crippen LogP contribution in [-0.4, -0.2) is 23.9 Å². The number of piperidine rings is 1. The molecule has 2 amide bonds. The average Bonchev–Trinajstić information content (AvgIpc) is 2.80. The lowest BCUT2D eigenvalue weighted by atomic mass is 9.90. The molecule has 1 heterocycles. The van der Waals surface area contributed by atoms with Gasteiger partial charge in [0.1, 0.15) is 0 Å². The standard InChI is InChI=1S/C27H31N3O2/c1-18-13-14-21(30-26(32)27(3)15-6-7-16-28-27)17-24(18)25(31)29-19(2)22-12-8-10-20-9-4-5-11-23(20)22/h4-5,8-14,17,19,28H,6-7,15-16H2,1-3H3,(H,29,31)(H,30,32)/t19-,27+/m1/s1. The van der Waals surface area contributed by atoms with Gasteiger partial charge in [-0.25, -0.2) is 0 Å². The van der Waals surface area contributed by atoms with Gasteiger partial charge in [0.25, 0.3) is 5.91 Å². The Morgan fingerprint density at radius 3 is 2.59 bits per heavy atom. The van der Waals surface area contributed by atoms with E-state index in [-0.39, 0.29) is 17.9 Å². The van der Waals surface area contributed by atoms with Gasteiger partial charge in [0.05, 0.1) is 11.6 Å². The molecule has 0 unspecified atom stereocenters. The van der Waals surface area contributed by atoms with Crippen LogP contribution in [0.3, 0.4) is 0 Å². The summed E-state index contributed by atoms with van der Waals surface area (Å²) in [5, 5.41) is 11.7. The topological polar surface area (TPSA) is 70.2 Å². The highest BCUT2D eigenvalue weighted by Gasteiger charge is 2.34. The maximum atomic E-state index is 13.2. The molecule has 2 atom stereocenters. The summed E-state index contributed by atoms with van der Waals surface area (Å²) in [5.74, 6) is -0.211. The smallest absolute Gasteiger partial charge is 0.252 e. The molecule has 3 aromatic carbocycles. The van der Waals surface area contributed by atoms with Gasteiger partial charge in [0.2, 0.25) is 5.91 Å². The summed E-state index contributed by atoms with van der Waals surface area (Å²) >= 11 is 0. The maximum Gasteiger partial charge on any atom is 0.252 e. The van der Waals surface area contributed by atoms with Gasteiger partial charge in [-0.05, 0) is 80.6 Å². The second kappa shape index (κ2) is 9.13. The van der Waals surface area contributed by atoms with Crippen LogP contribution in [-0.2, 0) is 4.79 Å². The molecule has 3 N–H and O–H groups in total. The highest BCUT2D eigenvalue weighted by Crippen LogP contribution is 2.26. The Balaban J connectivity index is 1.51. The number of rotatable bonds is 5. The van der Waals surface area contributed by atoms with Crippen LogP contribution >= 0.6 is 0 Å². The molecule has 0 saturated carbocycles. The molecule has 0 spiro atoms. The number of carbonyl (C=O) groups excluding carboxylic acids is 2. The first-order valence-electron chi connectivity index (χ1n) is 11.3. The molecule has 5 nitrogen and oxygen atoms in total. The molecule has 5 heteroatoms. The number of amides is 2. The van der Waals surface area contributed by atoms with Crippen LogP contribution in [0.4, 0.5) is 5.69 Å². The van der Waals surface area contributed by atoms with Crippen LogP contribution in [0.2, 0.25) is 0 Å². The number of hydrogen-bond donors (Lipinski definition) is 3. The molecule has 1 fully saturated rings. The Morgan fingerprint density at radius 1 is 1.03 bits per heavy atom. The van der Waals surface area contributed by atoms with E-state index in [1.165, 1.54) is 0 Å². The number of benzene rings is 3. The van der Waals surface area contributed by atoms with Crippen molar-refractivity contribution in [1.29, 1.82) is 0 Å². The lowest BCUT2D eigenvalue weighted by molar-refractivity contribution is -0.122. The zero-order chi connectivity index (χ0) is 22.7. The van der Waals surface area contributed by atoms with E-state index >= 15 is 0 Å². The van der Waals surface area contributed by atoms with Crippen LogP contribution < -0.4 is 16.0 Å². The number of hydrogen-bond acceptors (Lipinski definition) is 3. The highest BCUT2D eigenvalue weighted by molar-refractivity contribution is 6.01. The van der Waals surface area contributed by atoms with Crippen molar-refractivity contribution in [3.05, 3.63) is 77.4 Å². The van der Waals surface area contributed by atoms with Crippen molar-refractivity contribution >= 4 is 28.3 Å². The van der Waals surface area contributed by atoms with Gasteiger partial charge in [-0.2, -0.15) is 0 Å². The Morgan fingerprint density at radius 2 is 1.81 bits per heavy atom. The second-order valence-electron chi connectivity index (χ2n) is 8.96. The number of fused-ring (bicyclic) bond motifs is 1. The number of carbonyl (C=O) groups is 2. The quantitative estimate of drug-likeness (QED) is 0.528. The molecule has 32 heavy (non-hydrogen) atoms. The zero-order valence-electron chi connectivity index (χ0n) is 19.0. The molecule has 1 aliphatic rings. The molecule has 0 radical (unpaired) electrons. The Hall–Kier alpha value is -3.18. The van der Waals surface area contributed by atoms with E-state index in [1.54, 1.807) is 6.07 Å². The molecular formula is C27H31N3O2. The molecule has 0 bridgehead atoms. The van der Waals surface area contributed by atoms with Gasteiger partial charge in [-0.1, -0.05) is 48.5 Å². The number of anilines is 1. The van der Waals surface area contributed by atoms with E-state index in [4.69, 9.17) is 0 Å². The van der Waals surface area contributed by atoms with Crippen molar-refractivity contribution in [1.82, 2.24) is 10.6 Å². The summed E-state index contributed by atoms with van der Waals surface area (Å²) in [6.45, 7) is 6.69. The monoisotopic (exact) mass is 429 g/mol. The molecular weight excluding hydrogens is 398 g/mol. The van der Waals surface area contributed by atoms with Gasteiger partial charge in [-0.15, -0.1) is 0 Å². The second-order valence-corrected chi connectivity index (χ2v) is 8.96. The summed E-state index contributed by atoms with van der Waals surface area (Å²) in [6, 6.07) is 19.7. The molecule has 0 aromatic heterocycles. The Kier molecular flexibility index (Phi) is 6.28. The van der Waals surface area contributed by atoms with Crippen LogP contribution in [0, 0.1) is 6.92 Å². The van der Waals surface area contributed by atoms with Crippen LogP contribution in [0.15, 0.2) is 60.7 Å². The van der Waals surface area contributed by atoms with E-state index in [2.05, 4.69) is 40.2 Å².